The van der Waals surface area contributed by atoms with Gasteiger partial charge in [-0.3, -0.25) is 0 Å². The zero-order valence-electron chi connectivity index (χ0n) is 23.8. The number of cyclic esters (lactones) is 2. The van der Waals surface area contributed by atoms with E-state index in [2.05, 4.69) is 14.2 Å². The summed E-state index contributed by atoms with van der Waals surface area (Å²) in [7, 11) is 0. The van der Waals surface area contributed by atoms with Gasteiger partial charge in [-0.2, -0.15) is 0 Å². The Hall–Kier alpha value is -4.40. The van der Waals surface area contributed by atoms with Crippen LogP contribution in [0, 0.1) is 0 Å². The van der Waals surface area contributed by atoms with E-state index in [-0.39, 0.29) is 45.9 Å². The molecule has 0 saturated carbocycles. The first kappa shape index (κ1) is 35.6. The summed E-state index contributed by atoms with van der Waals surface area (Å²) in [6, 6.07) is 9.13. The van der Waals surface area contributed by atoms with E-state index < -0.39 is 60.6 Å². The quantitative estimate of drug-likeness (QED) is 0.196. The molecular formula is C27H36O15. The highest BCUT2D eigenvalue weighted by molar-refractivity contribution is 5.86. The predicted molar refractivity (Wildman–Crippen MR) is 138 cm³/mol. The summed E-state index contributed by atoms with van der Waals surface area (Å²) in [5, 5.41) is 9.01. The molecule has 0 unspecified atom stereocenters. The molecule has 234 valence electrons. The molecule has 42 heavy (non-hydrogen) atoms. The number of hydrogen-bond donors (Lipinski definition) is 1. The molecule has 2 rings (SSSR count). The summed E-state index contributed by atoms with van der Waals surface area (Å²) >= 11 is 0. The van der Waals surface area contributed by atoms with E-state index in [9.17, 15) is 28.8 Å². The summed E-state index contributed by atoms with van der Waals surface area (Å²) in [5.41, 5.74) is 0.833. The number of carbonyl (C=O) groups is 6. The van der Waals surface area contributed by atoms with Crippen LogP contribution in [-0.2, 0) is 63.7 Å². The molecule has 0 bridgehead atoms. The summed E-state index contributed by atoms with van der Waals surface area (Å²) in [4.78, 5) is 66.9. The number of hydrogen-bond acceptors (Lipinski definition) is 15. The smallest absolute Gasteiger partial charge is 0.463 e. The van der Waals surface area contributed by atoms with E-state index in [1.807, 2.05) is 30.3 Å². The Kier molecular flexibility index (Phi) is 16.7. The zero-order valence-corrected chi connectivity index (χ0v) is 23.8. The summed E-state index contributed by atoms with van der Waals surface area (Å²) in [5.74, 6) is -2.68. The first-order valence-corrected chi connectivity index (χ1v) is 13.0. The van der Waals surface area contributed by atoms with Crippen LogP contribution in [0.4, 0.5) is 9.59 Å². The topological polar surface area (TPSA) is 196 Å². The fourth-order valence-electron chi connectivity index (χ4n) is 2.63. The molecule has 1 aliphatic heterocycles. The van der Waals surface area contributed by atoms with Crippen LogP contribution in [0.25, 0.3) is 0 Å². The van der Waals surface area contributed by atoms with Crippen LogP contribution in [0.2, 0.25) is 0 Å². The van der Waals surface area contributed by atoms with Crippen molar-refractivity contribution < 1.29 is 71.8 Å². The minimum Gasteiger partial charge on any atom is -0.463 e. The third kappa shape index (κ3) is 15.4. The SMILES string of the molecule is C[C@@H]1OC(=O)[C@H](C)OC1=O.C[C@H](O)C(=O)O[C@@H](C)C(=O)OCCCOC(=O)OCCCOC(=O)OCc1ccccc1. The van der Waals surface area contributed by atoms with Crippen LogP contribution in [0.15, 0.2) is 30.3 Å². The normalized spacial score (nSPS) is 17.1. The lowest BCUT2D eigenvalue weighted by molar-refractivity contribution is -0.191. The maximum atomic E-state index is 11.6. The molecule has 1 N–H and O–H groups in total. The van der Waals surface area contributed by atoms with Gasteiger partial charge in [-0.05, 0) is 33.3 Å². The number of ether oxygens (including phenoxy) is 8. The number of carbonyl (C=O) groups excluding carboxylic acids is 6. The van der Waals surface area contributed by atoms with Crippen LogP contribution in [-0.4, -0.2) is 92.1 Å². The molecule has 15 heteroatoms. The lowest BCUT2D eigenvalue weighted by Crippen LogP contribution is -2.40. The highest BCUT2D eigenvalue weighted by Gasteiger charge is 2.32. The highest BCUT2D eigenvalue weighted by atomic mass is 16.7. The van der Waals surface area contributed by atoms with Gasteiger partial charge in [-0.1, -0.05) is 30.3 Å². The standard InChI is InChI=1S/C21H28O11.C6H8O4/c1-15(22)18(23)32-16(2)19(24)27-10-6-11-28-20(25)29-12-7-13-30-21(26)31-14-17-8-4-3-5-9-17;1-3-5(7)10-4(2)6(8)9-3/h3-5,8-9,15-16,22H,6-7,10-14H2,1-2H3;3-4H,1-2H3/t15-,16-;3-,4-/m00/s1. The number of aliphatic hydroxyl groups is 1. The Morgan fingerprint density at radius 2 is 1.19 bits per heavy atom. The summed E-state index contributed by atoms with van der Waals surface area (Å²) in [6.45, 7) is 5.44. The molecular weight excluding hydrogens is 564 g/mol. The number of esters is 4. The zero-order chi connectivity index (χ0) is 31.5. The van der Waals surface area contributed by atoms with Gasteiger partial charge in [0.1, 0.15) is 12.7 Å². The van der Waals surface area contributed by atoms with Gasteiger partial charge in [-0.25, -0.2) is 28.8 Å². The van der Waals surface area contributed by atoms with Crippen LogP contribution in [0.3, 0.4) is 0 Å². The second kappa shape index (κ2) is 19.6. The van der Waals surface area contributed by atoms with Crippen molar-refractivity contribution in [2.24, 2.45) is 0 Å². The summed E-state index contributed by atoms with van der Waals surface area (Å²) < 4.78 is 38.1. The second-order valence-corrected chi connectivity index (χ2v) is 8.61. The van der Waals surface area contributed by atoms with Crippen molar-refractivity contribution in [3.63, 3.8) is 0 Å². The number of aliphatic hydroxyl groups excluding tert-OH is 1. The molecule has 1 aromatic carbocycles. The second-order valence-electron chi connectivity index (χ2n) is 8.61. The van der Waals surface area contributed by atoms with Crippen molar-refractivity contribution in [1.29, 1.82) is 0 Å². The third-order valence-electron chi connectivity index (χ3n) is 4.90. The van der Waals surface area contributed by atoms with Crippen molar-refractivity contribution in [3.05, 3.63) is 35.9 Å². The van der Waals surface area contributed by atoms with Crippen LogP contribution < -0.4 is 0 Å². The molecule has 1 heterocycles. The Bertz CT molecular complexity index is 1000. The molecule has 1 saturated heterocycles. The van der Waals surface area contributed by atoms with Crippen molar-refractivity contribution in [2.75, 3.05) is 26.4 Å². The maximum Gasteiger partial charge on any atom is 0.508 e. The van der Waals surface area contributed by atoms with E-state index >= 15 is 0 Å². The van der Waals surface area contributed by atoms with Crippen LogP contribution >= 0.6 is 0 Å². The van der Waals surface area contributed by atoms with Crippen molar-refractivity contribution >= 4 is 36.2 Å². The fraction of sp³-hybridized carbons (Fsp3) is 0.556. The van der Waals surface area contributed by atoms with Crippen LogP contribution in [0.5, 0.6) is 0 Å². The van der Waals surface area contributed by atoms with Crippen molar-refractivity contribution in [2.45, 2.75) is 71.6 Å². The van der Waals surface area contributed by atoms with Crippen molar-refractivity contribution in [3.8, 4) is 0 Å². The Labute approximate surface area is 242 Å². The Balaban J connectivity index is 0.000000738. The molecule has 0 spiro atoms. The molecule has 1 fully saturated rings. The van der Waals surface area contributed by atoms with Gasteiger partial charge < -0.3 is 43.0 Å². The molecule has 15 nitrogen and oxygen atoms in total. The van der Waals surface area contributed by atoms with Gasteiger partial charge in [0.15, 0.2) is 18.3 Å². The minimum absolute atomic E-state index is 0.00860. The lowest BCUT2D eigenvalue weighted by Gasteiger charge is -2.22. The largest absolute Gasteiger partial charge is 0.508 e. The van der Waals surface area contributed by atoms with Gasteiger partial charge >= 0.3 is 36.2 Å². The molecule has 4 atom stereocenters. The minimum atomic E-state index is -1.34. The molecule has 0 radical (unpaired) electrons. The average molecular weight is 601 g/mol. The molecule has 1 aliphatic rings. The van der Waals surface area contributed by atoms with E-state index in [4.69, 9.17) is 28.8 Å². The van der Waals surface area contributed by atoms with Gasteiger partial charge in [-0.15, -0.1) is 0 Å². The average Bonchev–Trinajstić information content (AvgIpc) is 2.95. The van der Waals surface area contributed by atoms with Crippen molar-refractivity contribution in [1.82, 2.24) is 0 Å². The lowest BCUT2D eigenvalue weighted by atomic mass is 10.2. The molecule has 0 amide bonds. The maximum absolute atomic E-state index is 11.6. The number of rotatable bonds is 13. The van der Waals surface area contributed by atoms with Gasteiger partial charge in [0.25, 0.3) is 0 Å². The van der Waals surface area contributed by atoms with E-state index in [1.54, 1.807) is 0 Å². The summed E-state index contributed by atoms with van der Waals surface area (Å²) in [6.07, 6.45) is -5.27. The molecule has 0 aliphatic carbocycles. The Morgan fingerprint density at radius 3 is 1.67 bits per heavy atom. The van der Waals surface area contributed by atoms with E-state index in [0.29, 0.717) is 0 Å². The third-order valence-corrected chi connectivity index (χ3v) is 4.90. The van der Waals surface area contributed by atoms with Gasteiger partial charge in [0.2, 0.25) is 0 Å². The number of benzene rings is 1. The highest BCUT2D eigenvalue weighted by Crippen LogP contribution is 2.08. The van der Waals surface area contributed by atoms with E-state index in [0.717, 1.165) is 5.56 Å². The fourth-order valence-corrected chi connectivity index (χ4v) is 2.63. The molecule has 1 aromatic rings. The van der Waals surface area contributed by atoms with Crippen LogP contribution in [0.1, 0.15) is 46.1 Å². The first-order valence-electron chi connectivity index (χ1n) is 13.0. The van der Waals surface area contributed by atoms with Gasteiger partial charge in [0, 0.05) is 12.8 Å². The van der Waals surface area contributed by atoms with Gasteiger partial charge in [0.05, 0.1) is 26.4 Å². The monoisotopic (exact) mass is 600 g/mol. The Morgan fingerprint density at radius 1 is 0.738 bits per heavy atom. The van der Waals surface area contributed by atoms with E-state index in [1.165, 1.54) is 27.7 Å². The molecule has 0 aromatic heterocycles. The first-order chi connectivity index (χ1) is 19.9. The predicted octanol–water partition coefficient (Wildman–Crippen LogP) is 1.99.